The molecular formula is C20H38N4O5S. The number of hydrogen-bond acceptors (Lipinski definition) is 6. The highest BCUT2D eigenvalue weighted by Crippen LogP contribution is 2.10. The number of hydrogen-bond donors (Lipinski definition) is 6. The van der Waals surface area contributed by atoms with Crippen molar-refractivity contribution in [2.24, 2.45) is 23.5 Å². The van der Waals surface area contributed by atoms with Gasteiger partial charge in [-0.3, -0.25) is 14.4 Å². The fourth-order valence-corrected chi connectivity index (χ4v) is 2.97. The third kappa shape index (κ3) is 10.3. The summed E-state index contributed by atoms with van der Waals surface area (Å²) in [7, 11) is 0. The van der Waals surface area contributed by atoms with Gasteiger partial charge in [-0.2, -0.15) is 12.6 Å². The third-order valence-electron chi connectivity index (χ3n) is 4.44. The molecule has 4 atom stereocenters. The molecule has 0 radical (unpaired) electrons. The topological polar surface area (TPSA) is 151 Å². The Kier molecular flexibility index (Phi) is 12.7. The minimum absolute atomic E-state index is 0.0696. The molecule has 174 valence electrons. The van der Waals surface area contributed by atoms with Crippen molar-refractivity contribution in [3.8, 4) is 0 Å². The summed E-state index contributed by atoms with van der Waals surface area (Å²) in [4.78, 5) is 49.2. The van der Waals surface area contributed by atoms with E-state index < -0.39 is 47.9 Å². The maximum Gasteiger partial charge on any atom is 0.326 e. The van der Waals surface area contributed by atoms with E-state index in [1.165, 1.54) is 0 Å². The molecule has 0 aliphatic heterocycles. The van der Waals surface area contributed by atoms with Gasteiger partial charge in [-0.15, -0.1) is 0 Å². The van der Waals surface area contributed by atoms with Crippen molar-refractivity contribution in [3.63, 3.8) is 0 Å². The second-order valence-corrected chi connectivity index (χ2v) is 9.10. The van der Waals surface area contributed by atoms with Crippen LogP contribution >= 0.6 is 12.6 Å². The summed E-state index contributed by atoms with van der Waals surface area (Å²) in [6.07, 6.45) is 0.627. The molecule has 0 saturated carbocycles. The number of carbonyl (C=O) groups is 4. The number of amides is 3. The van der Waals surface area contributed by atoms with Crippen molar-refractivity contribution in [3.05, 3.63) is 0 Å². The summed E-state index contributed by atoms with van der Waals surface area (Å²) >= 11 is 3.99. The predicted molar refractivity (Wildman–Crippen MR) is 119 cm³/mol. The molecule has 6 N–H and O–H groups in total. The van der Waals surface area contributed by atoms with Crippen molar-refractivity contribution < 1.29 is 24.3 Å². The van der Waals surface area contributed by atoms with Crippen LogP contribution in [0.5, 0.6) is 0 Å². The van der Waals surface area contributed by atoms with Gasteiger partial charge >= 0.3 is 5.97 Å². The van der Waals surface area contributed by atoms with Crippen LogP contribution in [0.3, 0.4) is 0 Å². The van der Waals surface area contributed by atoms with Gasteiger partial charge in [-0.25, -0.2) is 4.79 Å². The van der Waals surface area contributed by atoms with E-state index in [4.69, 9.17) is 5.73 Å². The van der Waals surface area contributed by atoms with E-state index in [9.17, 15) is 24.3 Å². The van der Waals surface area contributed by atoms with Crippen molar-refractivity contribution >= 4 is 36.3 Å². The van der Waals surface area contributed by atoms with Gasteiger partial charge in [0, 0.05) is 5.75 Å². The van der Waals surface area contributed by atoms with Crippen LogP contribution in [0.25, 0.3) is 0 Å². The lowest BCUT2D eigenvalue weighted by Crippen LogP contribution is -2.58. The summed E-state index contributed by atoms with van der Waals surface area (Å²) in [5, 5.41) is 17.2. The number of rotatable bonds is 13. The Labute approximate surface area is 184 Å². The second kappa shape index (κ2) is 13.5. The SMILES string of the molecule is CC(C)CC(NC(=O)C(NC(=O)C(CC(C)C)NC(=O)C(N)CS)C(C)C)C(=O)O. The van der Waals surface area contributed by atoms with Gasteiger partial charge < -0.3 is 26.8 Å². The predicted octanol–water partition coefficient (Wildman–Crippen LogP) is 0.531. The zero-order valence-electron chi connectivity index (χ0n) is 18.8. The molecule has 10 heteroatoms. The first kappa shape index (κ1) is 28.2. The molecule has 9 nitrogen and oxygen atoms in total. The van der Waals surface area contributed by atoms with E-state index in [2.05, 4.69) is 28.6 Å². The lowest BCUT2D eigenvalue weighted by atomic mass is 9.98. The summed E-state index contributed by atoms with van der Waals surface area (Å²) in [6.45, 7) is 11.0. The highest BCUT2D eigenvalue weighted by molar-refractivity contribution is 7.80. The van der Waals surface area contributed by atoms with Crippen molar-refractivity contribution in [1.29, 1.82) is 0 Å². The molecule has 0 rings (SSSR count). The maximum atomic E-state index is 12.9. The molecular weight excluding hydrogens is 408 g/mol. The standard InChI is InChI=1S/C20H38N4O5S/c1-10(2)7-14(22-17(25)13(21)9-30)18(26)24-16(12(5)6)19(27)23-15(20(28)29)8-11(3)4/h10-16,30H,7-9,21H2,1-6H3,(H,22,25)(H,23,27)(H,24,26)(H,28,29). The van der Waals surface area contributed by atoms with Gasteiger partial charge in [0.05, 0.1) is 6.04 Å². The minimum Gasteiger partial charge on any atom is -0.480 e. The van der Waals surface area contributed by atoms with E-state index >= 15 is 0 Å². The highest BCUT2D eigenvalue weighted by atomic mass is 32.1. The number of carbonyl (C=O) groups excluding carboxylic acids is 3. The van der Waals surface area contributed by atoms with Gasteiger partial charge in [-0.1, -0.05) is 41.5 Å². The quantitative estimate of drug-likeness (QED) is 0.227. The molecule has 0 aromatic rings. The lowest BCUT2D eigenvalue weighted by molar-refractivity contribution is -0.143. The Morgan fingerprint density at radius 2 is 1.27 bits per heavy atom. The summed E-state index contributed by atoms with van der Waals surface area (Å²) in [6, 6.07) is -3.72. The molecule has 0 aliphatic rings. The van der Waals surface area contributed by atoms with Crippen LogP contribution in [0.15, 0.2) is 0 Å². The Balaban J connectivity index is 5.38. The largest absolute Gasteiger partial charge is 0.480 e. The van der Waals surface area contributed by atoms with Crippen LogP contribution in [0.1, 0.15) is 54.4 Å². The molecule has 3 amide bonds. The molecule has 0 saturated heterocycles. The van der Waals surface area contributed by atoms with Crippen LogP contribution < -0.4 is 21.7 Å². The lowest BCUT2D eigenvalue weighted by Gasteiger charge is -2.28. The zero-order valence-corrected chi connectivity index (χ0v) is 19.7. The molecule has 0 aromatic heterocycles. The number of thiol groups is 1. The van der Waals surface area contributed by atoms with E-state index in [1.807, 2.05) is 27.7 Å². The van der Waals surface area contributed by atoms with Crippen LogP contribution in [0, 0.1) is 17.8 Å². The third-order valence-corrected chi connectivity index (χ3v) is 4.84. The number of carboxylic acid groups (broad SMARTS) is 1. The van der Waals surface area contributed by atoms with E-state index in [0.29, 0.717) is 6.42 Å². The highest BCUT2D eigenvalue weighted by Gasteiger charge is 2.32. The maximum absolute atomic E-state index is 12.9. The molecule has 0 aliphatic carbocycles. The Morgan fingerprint density at radius 3 is 1.67 bits per heavy atom. The smallest absolute Gasteiger partial charge is 0.326 e. The molecule has 0 spiro atoms. The Morgan fingerprint density at radius 1 is 0.800 bits per heavy atom. The number of carboxylic acids is 1. The normalized spacial score (nSPS) is 15.4. The van der Waals surface area contributed by atoms with E-state index in [-0.39, 0.29) is 29.9 Å². The van der Waals surface area contributed by atoms with Gasteiger partial charge in [0.15, 0.2) is 0 Å². The van der Waals surface area contributed by atoms with Crippen LogP contribution in [-0.4, -0.2) is 58.7 Å². The zero-order chi connectivity index (χ0) is 23.6. The average Bonchev–Trinajstić information content (AvgIpc) is 2.62. The van der Waals surface area contributed by atoms with Crippen molar-refractivity contribution in [2.45, 2.75) is 78.6 Å². The number of nitrogens with one attached hydrogen (secondary N) is 3. The van der Waals surface area contributed by atoms with Crippen LogP contribution in [0.4, 0.5) is 0 Å². The first-order valence-corrected chi connectivity index (χ1v) is 10.9. The fourth-order valence-electron chi connectivity index (χ4n) is 2.81. The average molecular weight is 447 g/mol. The first-order valence-electron chi connectivity index (χ1n) is 10.3. The van der Waals surface area contributed by atoms with Crippen molar-refractivity contribution in [2.75, 3.05) is 5.75 Å². The van der Waals surface area contributed by atoms with Gasteiger partial charge in [-0.05, 0) is 30.6 Å². The van der Waals surface area contributed by atoms with Crippen LogP contribution in [-0.2, 0) is 19.2 Å². The van der Waals surface area contributed by atoms with E-state index in [0.717, 1.165) is 0 Å². The molecule has 0 bridgehead atoms. The summed E-state index contributed by atoms with van der Waals surface area (Å²) in [5.74, 6) is -2.72. The van der Waals surface area contributed by atoms with Gasteiger partial charge in [0.2, 0.25) is 17.7 Å². The monoisotopic (exact) mass is 446 g/mol. The van der Waals surface area contributed by atoms with Crippen LogP contribution in [0.2, 0.25) is 0 Å². The Hall–Kier alpha value is -1.81. The number of aliphatic carboxylic acids is 1. The minimum atomic E-state index is -1.13. The first-order chi connectivity index (χ1) is 13.8. The summed E-state index contributed by atoms with van der Waals surface area (Å²) < 4.78 is 0. The van der Waals surface area contributed by atoms with Gasteiger partial charge in [0.25, 0.3) is 0 Å². The molecule has 0 heterocycles. The molecule has 0 aromatic carbocycles. The second-order valence-electron chi connectivity index (χ2n) is 8.74. The fraction of sp³-hybridized carbons (Fsp3) is 0.800. The number of nitrogens with two attached hydrogens (primary N) is 1. The van der Waals surface area contributed by atoms with Crippen molar-refractivity contribution in [1.82, 2.24) is 16.0 Å². The Bertz CT molecular complexity index is 598. The molecule has 0 fully saturated rings. The summed E-state index contributed by atoms with van der Waals surface area (Å²) in [5.41, 5.74) is 5.68. The van der Waals surface area contributed by atoms with Gasteiger partial charge in [0.1, 0.15) is 18.1 Å². The molecule has 4 unspecified atom stereocenters. The molecule has 30 heavy (non-hydrogen) atoms. The van der Waals surface area contributed by atoms with E-state index in [1.54, 1.807) is 13.8 Å².